The minimum atomic E-state index is -1.14. The molecule has 4 N–H and O–H groups in total. The topological polar surface area (TPSA) is 75.3 Å². The molecule has 1 unspecified atom stereocenters. The van der Waals surface area contributed by atoms with Gasteiger partial charge in [0.05, 0.1) is 0 Å². The maximum atomic E-state index is 11.6. The Hall–Kier alpha value is -1.39. The van der Waals surface area contributed by atoms with Crippen LogP contribution in [0.5, 0.6) is 0 Å². The molecule has 0 heterocycles. The molecule has 0 saturated carbocycles. The van der Waals surface area contributed by atoms with Crippen molar-refractivity contribution in [3.63, 3.8) is 0 Å². The van der Waals surface area contributed by atoms with Crippen molar-refractivity contribution in [2.75, 3.05) is 6.54 Å². The third kappa shape index (κ3) is 4.00. The fraction of sp³-hybridized carbons (Fsp3) is 0.417. The number of nitrogens with two attached hydrogens (primary N) is 1. The van der Waals surface area contributed by atoms with Crippen molar-refractivity contribution in [2.45, 2.75) is 25.5 Å². The third-order valence-electron chi connectivity index (χ3n) is 2.08. The van der Waals surface area contributed by atoms with E-state index in [0.29, 0.717) is 12.1 Å². The van der Waals surface area contributed by atoms with Crippen LogP contribution < -0.4 is 11.1 Å². The van der Waals surface area contributed by atoms with Gasteiger partial charge in [-0.3, -0.25) is 4.79 Å². The van der Waals surface area contributed by atoms with Crippen LogP contribution in [0.1, 0.15) is 25.5 Å². The van der Waals surface area contributed by atoms with E-state index in [1.165, 1.54) is 0 Å². The maximum absolute atomic E-state index is 11.6. The third-order valence-corrected chi connectivity index (χ3v) is 2.08. The number of carbonyl (C=O) groups excluding carboxylic acids is 1. The van der Waals surface area contributed by atoms with Gasteiger partial charge >= 0.3 is 0 Å². The van der Waals surface area contributed by atoms with Crippen LogP contribution in [-0.4, -0.2) is 23.1 Å². The van der Waals surface area contributed by atoms with Gasteiger partial charge in [0.2, 0.25) is 0 Å². The molecule has 0 saturated heterocycles. The highest BCUT2D eigenvalue weighted by atomic mass is 16.3. The number of rotatable bonds is 4. The molecule has 4 heteroatoms. The van der Waals surface area contributed by atoms with Crippen LogP contribution in [0.3, 0.4) is 0 Å². The molecule has 88 valence electrons. The molecular formula is C12H18N2O2. The molecule has 1 amide bonds. The van der Waals surface area contributed by atoms with Crippen molar-refractivity contribution in [3.8, 4) is 0 Å². The van der Waals surface area contributed by atoms with Gasteiger partial charge in [0.15, 0.2) is 6.10 Å². The summed E-state index contributed by atoms with van der Waals surface area (Å²) in [5.74, 6) is -0.426. The van der Waals surface area contributed by atoms with Crippen molar-refractivity contribution < 1.29 is 9.90 Å². The molecule has 1 aromatic rings. The van der Waals surface area contributed by atoms with E-state index in [4.69, 9.17) is 5.73 Å². The van der Waals surface area contributed by atoms with Gasteiger partial charge in [-0.2, -0.15) is 0 Å². The number of carbonyl (C=O) groups is 1. The van der Waals surface area contributed by atoms with Crippen molar-refractivity contribution in [1.82, 2.24) is 5.32 Å². The zero-order chi connectivity index (χ0) is 12.2. The average Bonchev–Trinajstić information content (AvgIpc) is 2.25. The summed E-state index contributed by atoms with van der Waals surface area (Å²) in [6.07, 6.45) is -1.14. The Bertz CT molecular complexity index is 344. The Morgan fingerprint density at radius 3 is 2.50 bits per heavy atom. The minimum absolute atomic E-state index is 0.329. The zero-order valence-electron chi connectivity index (χ0n) is 9.60. The standard InChI is InChI=1S/C12H18N2O2/c1-12(2,13)8-14-11(16)10(15)9-6-4-3-5-7-9/h3-7,10,15H,8,13H2,1-2H3,(H,14,16). The van der Waals surface area contributed by atoms with Crippen LogP contribution >= 0.6 is 0 Å². The van der Waals surface area contributed by atoms with Gasteiger partial charge in [0.25, 0.3) is 5.91 Å². The lowest BCUT2D eigenvalue weighted by Gasteiger charge is -2.20. The molecule has 0 aliphatic carbocycles. The molecule has 0 fully saturated rings. The zero-order valence-corrected chi connectivity index (χ0v) is 9.60. The van der Waals surface area contributed by atoms with E-state index in [1.807, 2.05) is 19.9 Å². The van der Waals surface area contributed by atoms with E-state index in [2.05, 4.69) is 5.32 Å². The first-order valence-electron chi connectivity index (χ1n) is 5.20. The lowest BCUT2D eigenvalue weighted by Crippen LogP contribution is -2.46. The van der Waals surface area contributed by atoms with Crippen LogP contribution in [0.2, 0.25) is 0 Å². The second-order valence-electron chi connectivity index (χ2n) is 4.52. The van der Waals surface area contributed by atoms with Crippen molar-refractivity contribution in [3.05, 3.63) is 35.9 Å². The number of hydrogen-bond acceptors (Lipinski definition) is 3. The summed E-state index contributed by atoms with van der Waals surface area (Å²) in [7, 11) is 0. The Balaban J connectivity index is 2.55. The van der Waals surface area contributed by atoms with E-state index < -0.39 is 17.6 Å². The van der Waals surface area contributed by atoms with Crippen molar-refractivity contribution in [1.29, 1.82) is 0 Å². The second kappa shape index (κ2) is 5.09. The van der Waals surface area contributed by atoms with Crippen molar-refractivity contribution in [2.24, 2.45) is 5.73 Å². The first kappa shape index (κ1) is 12.7. The SMILES string of the molecule is CC(C)(N)CNC(=O)C(O)c1ccccc1. The summed E-state index contributed by atoms with van der Waals surface area (Å²) in [5.41, 5.74) is 5.82. The predicted molar refractivity (Wildman–Crippen MR) is 62.7 cm³/mol. The molecule has 0 bridgehead atoms. The molecule has 0 aliphatic heterocycles. The van der Waals surface area contributed by atoms with Crippen LogP contribution in [0.4, 0.5) is 0 Å². The quantitative estimate of drug-likeness (QED) is 0.697. The predicted octanol–water partition coefficient (Wildman–Crippen LogP) is 0.573. The number of hydrogen-bond donors (Lipinski definition) is 3. The van der Waals surface area contributed by atoms with Gasteiger partial charge in [-0.15, -0.1) is 0 Å². The van der Waals surface area contributed by atoms with E-state index >= 15 is 0 Å². The number of amides is 1. The largest absolute Gasteiger partial charge is 0.378 e. The summed E-state index contributed by atoms with van der Waals surface area (Å²) in [5, 5.41) is 12.3. The number of aliphatic hydroxyl groups excluding tert-OH is 1. The number of nitrogens with one attached hydrogen (secondary N) is 1. The van der Waals surface area contributed by atoms with Gasteiger partial charge in [-0.05, 0) is 19.4 Å². The van der Waals surface area contributed by atoms with Gasteiger partial charge in [-0.25, -0.2) is 0 Å². The molecule has 1 rings (SSSR count). The lowest BCUT2D eigenvalue weighted by molar-refractivity contribution is -0.129. The van der Waals surface area contributed by atoms with Crippen LogP contribution in [0.25, 0.3) is 0 Å². The van der Waals surface area contributed by atoms with Crippen LogP contribution in [0.15, 0.2) is 30.3 Å². The minimum Gasteiger partial charge on any atom is -0.378 e. The highest BCUT2D eigenvalue weighted by Gasteiger charge is 2.19. The first-order valence-corrected chi connectivity index (χ1v) is 5.20. The van der Waals surface area contributed by atoms with Gasteiger partial charge in [0.1, 0.15) is 0 Å². The normalized spacial score (nSPS) is 13.2. The number of aliphatic hydroxyl groups is 1. The summed E-state index contributed by atoms with van der Waals surface area (Å²) in [6, 6.07) is 8.80. The molecule has 16 heavy (non-hydrogen) atoms. The summed E-state index contributed by atoms with van der Waals surface area (Å²) in [4.78, 5) is 11.6. The monoisotopic (exact) mass is 222 g/mol. The molecule has 1 aromatic carbocycles. The molecule has 0 aliphatic rings. The molecule has 0 aromatic heterocycles. The van der Waals surface area contributed by atoms with E-state index in [9.17, 15) is 9.90 Å². The molecule has 0 spiro atoms. The first-order chi connectivity index (χ1) is 7.40. The van der Waals surface area contributed by atoms with Crippen LogP contribution in [0, 0.1) is 0 Å². The highest BCUT2D eigenvalue weighted by Crippen LogP contribution is 2.11. The molecular weight excluding hydrogens is 204 g/mol. The Morgan fingerprint density at radius 2 is 2.00 bits per heavy atom. The molecule has 1 atom stereocenters. The summed E-state index contributed by atoms with van der Waals surface area (Å²) < 4.78 is 0. The van der Waals surface area contributed by atoms with E-state index in [-0.39, 0.29) is 0 Å². The molecule has 0 radical (unpaired) electrons. The fourth-order valence-electron chi connectivity index (χ4n) is 1.20. The second-order valence-corrected chi connectivity index (χ2v) is 4.52. The smallest absolute Gasteiger partial charge is 0.253 e. The Labute approximate surface area is 95.5 Å². The Kier molecular flexibility index (Phi) is 4.04. The van der Waals surface area contributed by atoms with Gasteiger partial charge < -0.3 is 16.2 Å². The van der Waals surface area contributed by atoms with Crippen LogP contribution in [-0.2, 0) is 4.79 Å². The highest BCUT2D eigenvalue weighted by molar-refractivity contribution is 5.81. The van der Waals surface area contributed by atoms with Crippen molar-refractivity contribution >= 4 is 5.91 Å². The summed E-state index contributed by atoms with van der Waals surface area (Å²) >= 11 is 0. The lowest BCUT2D eigenvalue weighted by atomic mass is 10.1. The number of benzene rings is 1. The van der Waals surface area contributed by atoms with E-state index in [0.717, 1.165) is 0 Å². The fourth-order valence-corrected chi connectivity index (χ4v) is 1.20. The maximum Gasteiger partial charge on any atom is 0.253 e. The van der Waals surface area contributed by atoms with Gasteiger partial charge in [0, 0.05) is 12.1 Å². The molecule has 4 nitrogen and oxygen atoms in total. The average molecular weight is 222 g/mol. The van der Waals surface area contributed by atoms with Gasteiger partial charge in [-0.1, -0.05) is 30.3 Å². The Morgan fingerprint density at radius 1 is 1.44 bits per heavy atom. The summed E-state index contributed by atoms with van der Waals surface area (Å²) in [6.45, 7) is 3.94. The van der Waals surface area contributed by atoms with E-state index in [1.54, 1.807) is 24.3 Å².